The summed E-state index contributed by atoms with van der Waals surface area (Å²) in [6, 6.07) is 70.7. The van der Waals surface area contributed by atoms with Gasteiger partial charge in [0.1, 0.15) is 0 Å². The molecule has 1 aliphatic rings. The van der Waals surface area contributed by atoms with Gasteiger partial charge in [0.2, 0.25) is 0 Å². The molecule has 1 heterocycles. The fourth-order valence-electron chi connectivity index (χ4n) is 8.42. The van der Waals surface area contributed by atoms with Gasteiger partial charge in [-0.3, -0.25) is 0 Å². The van der Waals surface area contributed by atoms with E-state index in [-0.39, 0.29) is 5.41 Å². The van der Waals surface area contributed by atoms with Gasteiger partial charge in [-0.2, -0.15) is 0 Å². The van der Waals surface area contributed by atoms with Crippen molar-refractivity contribution in [3.63, 3.8) is 0 Å². The van der Waals surface area contributed by atoms with E-state index in [1.165, 1.54) is 71.6 Å². The topological polar surface area (TPSA) is 6.48 Å². The van der Waals surface area contributed by atoms with Crippen LogP contribution in [0, 0.1) is 0 Å². The van der Waals surface area contributed by atoms with Crippen LogP contribution in [0.25, 0.3) is 49.5 Å². The summed E-state index contributed by atoms with van der Waals surface area (Å²) in [6.07, 6.45) is 4.43. The molecule has 0 fully saturated rings. The van der Waals surface area contributed by atoms with Crippen LogP contribution in [0.3, 0.4) is 0 Å². The Kier molecular flexibility index (Phi) is 7.85. The molecule has 262 valence electrons. The number of anilines is 5. The molecule has 0 bridgehead atoms. The fraction of sp³-hybridized carbons (Fsp3) is 0.0566. The van der Waals surface area contributed by atoms with E-state index in [1.54, 1.807) is 0 Å². The molecule has 0 N–H and O–H groups in total. The molecule has 0 amide bonds. The Morgan fingerprint density at radius 3 is 1.67 bits per heavy atom. The number of fused-ring (bicyclic) bond motifs is 5. The van der Waals surface area contributed by atoms with Crippen molar-refractivity contribution in [2.24, 2.45) is 0 Å². The lowest BCUT2D eigenvalue weighted by molar-refractivity contribution is 0.632. The van der Waals surface area contributed by atoms with Gasteiger partial charge in [0.05, 0.1) is 11.4 Å². The van der Waals surface area contributed by atoms with Crippen LogP contribution in [0.4, 0.5) is 28.4 Å². The van der Waals surface area contributed by atoms with Crippen LogP contribution in [0.2, 0.25) is 0 Å². The summed E-state index contributed by atoms with van der Waals surface area (Å²) < 4.78 is 0. The third kappa shape index (κ3) is 5.84. The smallest absolute Gasteiger partial charge is 0.0503 e. The Hall–Kier alpha value is -6.90. The maximum absolute atomic E-state index is 2.41. The van der Waals surface area contributed by atoms with Gasteiger partial charge < -0.3 is 9.80 Å². The lowest BCUT2D eigenvalue weighted by Crippen LogP contribution is -2.30. The minimum Gasteiger partial charge on any atom is -0.317 e. The molecule has 0 saturated carbocycles. The van der Waals surface area contributed by atoms with E-state index in [9.17, 15) is 0 Å². The Balaban J connectivity index is 0.996. The van der Waals surface area contributed by atoms with Gasteiger partial charge in [-0.05, 0) is 133 Å². The first-order chi connectivity index (χ1) is 27.0. The van der Waals surface area contributed by atoms with E-state index in [4.69, 9.17) is 0 Å². The van der Waals surface area contributed by atoms with Crippen molar-refractivity contribution in [2.45, 2.75) is 19.3 Å². The van der Waals surface area contributed by atoms with Crippen molar-refractivity contribution in [1.82, 2.24) is 0 Å². The predicted molar refractivity (Wildman–Crippen MR) is 235 cm³/mol. The van der Waals surface area contributed by atoms with Gasteiger partial charge in [0, 0.05) is 28.7 Å². The van der Waals surface area contributed by atoms with Gasteiger partial charge >= 0.3 is 0 Å². The van der Waals surface area contributed by atoms with E-state index in [2.05, 4.69) is 230 Å². The summed E-state index contributed by atoms with van der Waals surface area (Å²) in [5.41, 5.74) is 12.0. The number of para-hydroxylation sites is 2. The summed E-state index contributed by atoms with van der Waals surface area (Å²) in [5.74, 6) is 0. The van der Waals surface area contributed by atoms with Gasteiger partial charge in [0.15, 0.2) is 0 Å². The molecule has 0 aromatic heterocycles. The fourth-order valence-corrected chi connectivity index (χ4v) is 8.42. The Labute approximate surface area is 322 Å². The highest BCUT2D eigenvalue weighted by Crippen LogP contribution is 2.52. The summed E-state index contributed by atoms with van der Waals surface area (Å²) in [7, 11) is 0. The minimum absolute atomic E-state index is 0.154. The Morgan fingerprint density at radius 2 is 0.945 bits per heavy atom. The Morgan fingerprint density at radius 1 is 0.418 bits per heavy atom. The number of rotatable bonds is 6. The largest absolute Gasteiger partial charge is 0.317 e. The molecule has 9 aromatic rings. The van der Waals surface area contributed by atoms with Crippen LogP contribution in [0.1, 0.15) is 30.5 Å². The molecule has 0 atom stereocenters. The average molecular weight is 705 g/mol. The van der Waals surface area contributed by atoms with Crippen molar-refractivity contribution in [2.75, 3.05) is 9.80 Å². The van der Waals surface area contributed by atoms with Crippen molar-refractivity contribution < 1.29 is 0 Å². The quantitative estimate of drug-likeness (QED) is 0.170. The van der Waals surface area contributed by atoms with Crippen LogP contribution in [0.5, 0.6) is 0 Å². The molecule has 0 aliphatic carbocycles. The maximum atomic E-state index is 2.41. The zero-order chi connectivity index (χ0) is 36.9. The second-order valence-electron chi connectivity index (χ2n) is 15.1. The monoisotopic (exact) mass is 704 g/mol. The normalized spacial score (nSPS) is 13.3. The first-order valence-electron chi connectivity index (χ1n) is 19.1. The number of hydrogen-bond donors (Lipinski definition) is 0. The van der Waals surface area contributed by atoms with Crippen LogP contribution >= 0.6 is 0 Å². The van der Waals surface area contributed by atoms with Crippen LogP contribution < -0.4 is 9.80 Å². The SMILES string of the molecule is CC1(C)c2ccccc2N(c2ccccc2)c2ccc(-c3ccc4cc(/C=C/N(c5ccc6ccccc6c5)c5ccc6ccccc6c5)ccc4c3)cc21. The van der Waals surface area contributed by atoms with E-state index in [0.29, 0.717) is 0 Å². The van der Waals surface area contributed by atoms with Gasteiger partial charge in [-0.25, -0.2) is 0 Å². The molecular weight excluding hydrogens is 665 g/mol. The van der Waals surface area contributed by atoms with Gasteiger partial charge in [-0.1, -0.05) is 141 Å². The molecule has 0 spiro atoms. The average Bonchev–Trinajstić information content (AvgIpc) is 3.24. The van der Waals surface area contributed by atoms with Gasteiger partial charge in [-0.15, -0.1) is 0 Å². The maximum Gasteiger partial charge on any atom is 0.0503 e. The second kappa shape index (κ2) is 13.2. The van der Waals surface area contributed by atoms with Crippen LogP contribution in [-0.4, -0.2) is 0 Å². The summed E-state index contributed by atoms with van der Waals surface area (Å²) in [5, 5.41) is 7.37. The summed E-state index contributed by atoms with van der Waals surface area (Å²) in [6.45, 7) is 4.71. The van der Waals surface area contributed by atoms with Gasteiger partial charge in [0.25, 0.3) is 0 Å². The molecule has 0 saturated heterocycles. The lowest BCUT2D eigenvalue weighted by atomic mass is 9.73. The van der Waals surface area contributed by atoms with E-state index >= 15 is 0 Å². The number of hydrogen-bond acceptors (Lipinski definition) is 2. The lowest BCUT2D eigenvalue weighted by Gasteiger charge is -2.42. The summed E-state index contributed by atoms with van der Waals surface area (Å²) in [4.78, 5) is 4.71. The second-order valence-corrected chi connectivity index (χ2v) is 15.1. The van der Waals surface area contributed by atoms with Crippen molar-refractivity contribution >= 4 is 66.8 Å². The zero-order valence-corrected chi connectivity index (χ0v) is 31.0. The molecule has 2 nitrogen and oxygen atoms in total. The highest BCUT2D eigenvalue weighted by Gasteiger charge is 2.36. The van der Waals surface area contributed by atoms with Crippen molar-refractivity contribution in [1.29, 1.82) is 0 Å². The third-order valence-electron chi connectivity index (χ3n) is 11.4. The molecule has 0 radical (unpaired) electrons. The molecule has 0 unspecified atom stereocenters. The van der Waals surface area contributed by atoms with E-state index in [0.717, 1.165) is 16.9 Å². The highest BCUT2D eigenvalue weighted by molar-refractivity contribution is 5.93. The standard InChI is InChI=1S/C53H40N2/c1-53(2)49-18-10-11-19-51(49)55(46-16-4-3-5-17-46)52-29-26-45(36-50(52)53)44-23-22-42-32-37(20-21-43(42)33-44)30-31-54(47-27-24-38-12-6-8-14-40(38)34-47)48-28-25-39-13-7-9-15-41(39)35-48/h3-36H,1-2H3/b31-30+. The minimum atomic E-state index is -0.154. The molecule has 10 rings (SSSR count). The predicted octanol–water partition coefficient (Wildman–Crippen LogP) is 14.7. The zero-order valence-electron chi connectivity index (χ0n) is 31.0. The summed E-state index contributed by atoms with van der Waals surface area (Å²) >= 11 is 0. The first kappa shape index (κ1) is 32.7. The molecule has 9 aromatic carbocycles. The molecular formula is C53H40N2. The van der Waals surface area contributed by atoms with Crippen LogP contribution in [-0.2, 0) is 5.41 Å². The third-order valence-corrected chi connectivity index (χ3v) is 11.4. The van der Waals surface area contributed by atoms with E-state index in [1.807, 2.05) is 0 Å². The van der Waals surface area contributed by atoms with Crippen molar-refractivity contribution in [3.8, 4) is 11.1 Å². The molecule has 2 heteroatoms. The first-order valence-corrected chi connectivity index (χ1v) is 19.1. The molecule has 1 aliphatic heterocycles. The number of nitrogens with zero attached hydrogens (tertiary/aromatic N) is 2. The molecule has 55 heavy (non-hydrogen) atoms. The van der Waals surface area contributed by atoms with Crippen LogP contribution in [0.15, 0.2) is 200 Å². The highest BCUT2D eigenvalue weighted by atomic mass is 15.2. The Bertz CT molecular complexity index is 2840. The van der Waals surface area contributed by atoms with Crippen molar-refractivity contribution in [3.05, 3.63) is 217 Å². The number of benzene rings is 9. The van der Waals surface area contributed by atoms with E-state index < -0.39 is 0 Å².